The molecular weight excluding hydrogens is 519 g/mol. The topological polar surface area (TPSA) is 66.0 Å². The molecule has 0 spiro atoms. The van der Waals surface area contributed by atoms with Crippen LogP contribution >= 0.6 is 0 Å². The summed E-state index contributed by atoms with van der Waals surface area (Å²) in [5.41, 5.74) is 0. The molecule has 0 saturated heterocycles. The molecular formula is C20H31F9N2O3S. The zero-order chi connectivity index (χ0) is 27.6. The van der Waals surface area contributed by atoms with Crippen LogP contribution in [0.1, 0.15) is 71.1 Å². The van der Waals surface area contributed by atoms with Crippen molar-refractivity contribution in [2.45, 2.75) is 101 Å². The van der Waals surface area contributed by atoms with Gasteiger partial charge in [-0.05, 0) is 12.8 Å². The van der Waals surface area contributed by atoms with E-state index in [9.17, 15) is 52.5 Å². The van der Waals surface area contributed by atoms with Crippen molar-refractivity contribution in [2.75, 3.05) is 0 Å². The first-order valence-electron chi connectivity index (χ1n) is 11.0. The molecule has 15 heteroatoms. The van der Waals surface area contributed by atoms with Crippen LogP contribution in [0.2, 0.25) is 0 Å². The van der Waals surface area contributed by atoms with Crippen molar-refractivity contribution in [3.05, 3.63) is 18.7 Å². The van der Waals surface area contributed by atoms with E-state index in [1.54, 1.807) is 0 Å². The number of hydrogen-bond acceptors (Lipinski definition) is 3. The number of imidazole rings is 1. The Morgan fingerprint density at radius 2 is 1.20 bits per heavy atom. The summed E-state index contributed by atoms with van der Waals surface area (Å²) in [6.45, 7) is 3.46. The molecule has 1 aromatic rings. The summed E-state index contributed by atoms with van der Waals surface area (Å²) in [5.74, 6) is -14.8. The maximum absolute atomic E-state index is 12.2. The van der Waals surface area contributed by atoms with Crippen LogP contribution in [0.4, 0.5) is 39.5 Å². The fraction of sp³-hybridized carbons (Fsp3) is 0.850. The SMILES string of the molecule is CCCCCCCCCCCCn1cc[n+](C)c1.O=S(=O)([O-])C(F)(F)C(F)(F)C(F)(F)C(F)(F)F. The van der Waals surface area contributed by atoms with Gasteiger partial charge in [-0.15, -0.1) is 0 Å². The zero-order valence-corrected chi connectivity index (χ0v) is 20.3. The van der Waals surface area contributed by atoms with E-state index in [4.69, 9.17) is 0 Å². The number of alkyl halides is 9. The van der Waals surface area contributed by atoms with Crippen LogP contribution in [-0.2, 0) is 23.7 Å². The van der Waals surface area contributed by atoms with Crippen LogP contribution in [0, 0.1) is 0 Å². The lowest BCUT2D eigenvalue weighted by molar-refractivity contribution is -0.671. The first-order chi connectivity index (χ1) is 15.8. The van der Waals surface area contributed by atoms with Gasteiger partial charge in [-0.1, -0.05) is 58.3 Å². The lowest BCUT2D eigenvalue weighted by Gasteiger charge is -2.34. The quantitative estimate of drug-likeness (QED) is 0.120. The highest BCUT2D eigenvalue weighted by atomic mass is 32.2. The number of halogens is 9. The minimum absolute atomic E-state index is 1.18. The Balaban J connectivity index is 0.000000662. The minimum atomic E-state index is -7.43. The fourth-order valence-corrected chi connectivity index (χ4v) is 3.38. The summed E-state index contributed by atoms with van der Waals surface area (Å²) < 4.78 is 140. The molecule has 5 nitrogen and oxygen atoms in total. The van der Waals surface area contributed by atoms with Crippen LogP contribution in [0.25, 0.3) is 0 Å². The Morgan fingerprint density at radius 1 is 0.771 bits per heavy atom. The highest BCUT2D eigenvalue weighted by Gasteiger charge is 2.83. The summed E-state index contributed by atoms with van der Waals surface area (Å²) in [6, 6.07) is 0. The molecule has 0 unspecified atom stereocenters. The van der Waals surface area contributed by atoms with Gasteiger partial charge in [0.1, 0.15) is 12.4 Å². The number of aryl methyl sites for hydroxylation is 2. The molecule has 0 N–H and O–H groups in total. The number of unbranched alkanes of at least 4 members (excludes halogenated alkanes) is 9. The predicted octanol–water partition coefficient (Wildman–Crippen LogP) is 6.19. The fourth-order valence-electron chi connectivity index (χ4n) is 2.93. The van der Waals surface area contributed by atoms with Crippen LogP contribution in [0.5, 0.6) is 0 Å². The summed E-state index contributed by atoms with van der Waals surface area (Å²) >= 11 is 0. The Labute approximate surface area is 199 Å². The average Bonchev–Trinajstić information content (AvgIpc) is 3.13. The average molecular weight is 551 g/mol. The van der Waals surface area contributed by atoms with Crippen molar-refractivity contribution in [3.63, 3.8) is 0 Å². The summed E-state index contributed by atoms with van der Waals surface area (Å²) in [6.07, 6.45) is 13.4. The molecule has 208 valence electrons. The summed E-state index contributed by atoms with van der Waals surface area (Å²) in [7, 11) is -5.34. The number of aromatic nitrogens is 2. The standard InChI is InChI=1S/C16H31N2.C4HF9O3S/c1-3-4-5-6-7-8-9-10-11-12-13-18-15-14-17(2)16-18;5-1(6,3(9,10)11)2(7,8)4(12,13)17(14,15)16/h14-16H,3-13H2,1-2H3;(H,14,15,16)/q+1;/p-1. The lowest BCUT2D eigenvalue weighted by Crippen LogP contribution is -2.63. The molecule has 0 fully saturated rings. The van der Waals surface area contributed by atoms with Gasteiger partial charge in [0.05, 0.1) is 13.6 Å². The molecule has 0 aliphatic heterocycles. The van der Waals surface area contributed by atoms with Crippen molar-refractivity contribution in [1.29, 1.82) is 0 Å². The highest BCUT2D eigenvalue weighted by molar-refractivity contribution is 7.86. The first-order valence-corrected chi connectivity index (χ1v) is 12.4. The Bertz CT molecular complexity index is 841. The van der Waals surface area contributed by atoms with Crippen molar-refractivity contribution in [1.82, 2.24) is 4.57 Å². The second-order valence-electron chi connectivity index (χ2n) is 8.12. The smallest absolute Gasteiger partial charge is 0.460 e. The Hall–Kier alpha value is -1.51. The van der Waals surface area contributed by atoms with E-state index in [0.29, 0.717) is 0 Å². The van der Waals surface area contributed by atoms with Crippen LogP contribution in [-0.4, -0.2) is 40.8 Å². The van der Waals surface area contributed by atoms with E-state index in [-0.39, 0.29) is 0 Å². The molecule has 0 amide bonds. The largest absolute Gasteiger partial charge is 0.743 e. The number of rotatable bonds is 14. The first kappa shape index (κ1) is 33.5. The third-order valence-corrected chi connectivity index (χ3v) is 5.91. The second kappa shape index (κ2) is 13.7. The normalized spacial score (nSPS) is 13.5. The molecule has 0 saturated carbocycles. The van der Waals surface area contributed by atoms with E-state index >= 15 is 0 Å². The minimum Gasteiger partial charge on any atom is -0.743 e. The van der Waals surface area contributed by atoms with Gasteiger partial charge in [-0.3, -0.25) is 0 Å². The third-order valence-electron chi connectivity index (χ3n) is 5.02. The lowest BCUT2D eigenvalue weighted by atomic mass is 10.1. The number of hydrogen-bond donors (Lipinski definition) is 0. The van der Waals surface area contributed by atoms with Gasteiger partial charge in [0.25, 0.3) is 0 Å². The predicted molar refractivity (Wildman–Crippen MR) is 108 cm³/mol. The maximum atomic E-state index is 12.2. The van der Waals surface area contributed by atoms with Crippen molar-refractivity contribution < 1.29 is 57.1 Å². The molecule has 1 heterocycles. The van der Waals surface area contributed by atoms with E-state index in [2.05, 4.69) is 41.8 Å². The van der Waals surface area contributed by atoms with Crippen molar-refractivity contribution in [2.24, 2.45) is 7.05 Å². The Kier molecular flexibility index (Phi) is 13.1. The van der Waals surface area contributed by atoms with Gasteiger partial charge in [-0.2, -0.15) is 39.5 Å². The third kappa shape index (κ3) is 9.81. The molecule has 1 aromatic heterocycles. The van der Waals surface area contributed by atoms with E-state index in [1.165, 1.54) is 70.8 Å². The number of nitrogens with zero attached hydrogens (tertiary/aromatic N) is 2. The molecule has 0 aromatic carbocycles. The molecule has 0 bridgehead atoms. The van der Waals surface area contributed by atoms with E-state index in [0.717, 1.165) is 0 Å². The summed E-state index contributed by atoms with van der Waals surface area (Å²) in [5, 5.41) is -7.11. The van der Waals surface area contributed by atoms with E-state index in [1.807, 2.05) is 0 Å². The molecule has 0 aliphatic rings. The van der Waals surface area contributed by atoms with Gasteiger partial charge >= 0.3 is 23.3 Å². The monoisotopic (exact) mass is 550 g/mol. The van der Waals surface area contributed by atoms with Gasteiger partial charge < -0.3 is 4.55 Å². The van der Waals surface area contributed by atoms with Gasteiger partial charge in [0, 0.05) is 0 Å². The molecule has 0 atom stereocenters. The highest BCUT2D eigenvalue weighted by Crippen LogP contribution is 2.54. The second-order valence-corrected chi connectivity index (χ2v) is 9.54. The van der Waals surface area contributed by atoms with E-state index < -0.39 is 33.4 Å². The van der Waals surface area contributed by atoms with Crippen molar-refractivity contribution >= 4 is 10.1 Å². The van der Waals surface area contributed by atoms with Crippen molar-refractivity contribution in [3.8, 4) is 0 Å². The van der Waals surface area contributed by atoms with Gasteiger partial charge in [0.2, 0.25) is 6.33 Å². The van der Waals surface area contributed by atoms with Gasteiger partial charge in [0.15, 0.2) is 10.1 Å². The summed E-state index contributed by atoms with van der Waals surface area (Å²) in [4.78, 5) is 0. The molecule has 0 aliphatic carbocycles. The zero-order valence-electron chi connectivity index (χ0n) is 19.4. The van der Waals surface area contributed by atoms with Crippen LogP contribution < -0.4 is 4.57 Å². The molecule has 0 radical (unpaired) electrons. The Morgan fingerprint density at radius 3 is 1.54 bits per heavy atom. The van der Waals surface area contributed by atoms with Crippen LogP contribution in [0.3, 0.4) is 0 Å². The van der Waals surface area contributed by atoms with Crippen LogP contribution in [0.15, 0.2) is 18.7 Å². The maximum Gasteiger partial charge on any atom is 0.460 e. The molecule has 1 rings (SSSR count). The molecule has 35 heavy (non-hydrogen) atoms. The van der Waals surface area contributed by atoms with Gasteiger partial charge in [-0.25, -0.2) is 17.6 Å².